The molecule has 0 aliphatic carbocycles. The van der Waals surface area contributed by atoms with Gasteiger partial charge in [-0.15, -0.1) is 0 Å². The Hall–Kier alpha value is -0.740. The van der Waals surface area contributed by atoms with Crippen LogP contribution < -0.4 is 10.7 Å². The Balaban J connectivity index is 2.26. The van der Waals surface area contributed by atoms with Gasteiger partial charge in [0.25, 0.3) is 0 Å². The maximum absolute atomic E-state index is 10.9. The molecule has 0 radical (unpaired) electrons. The zero-order valence-corrected chi connectivity index (χ0v) is 10.9. The molecule has 0 aromatic heterocycles. The fourth-order valence-electron chi connectivity index (χ4n) is 1.77. The van der Waals surface area contributed by atoms with Crippen LogP contribution in [0, 0.1) is 4.51 Å². The smallest absolute Gasteiger partial charge is 0.200 e. The summed E-state index contributed by atoms with van der Waals surface area (Å²) < 4.78 is 0.456. The molecule has 0 spiro atoms. The summed E-state index contributed by atoms with van der Waals surface area (Å²) >= 11 is 4.92. The van der Waals surface area contributed by atoms with Gasteiger partial charge in [0.2, 0.25) is 5.43 Å². The lowest BCUT2D eigenvalue weighted by atomic mass is 10.2. The lowest BCUT2D eigenvalue weighted by Gasteiger charge is -2.21. The first-order chi connectivity index (χ1) is 7.69. The summed E-state index contributed by atoms with van der Waals surface area (Å²) in [4.78, 5) is 13.3. The number of rotatable bonds is 8. The van der Waals surface area contributed by atoms with Gasteiger partial charge in [-0.2, -0.15) is 0 Å². The molecule has 0 amide bonds. The Morgan fingerprint density at radius 2 is 1.88 bits per heavy atom. The molecule has 1 N–H and O–H groups in total. The number of hydrogen-bond acceptors (Lipinski definition) is 4. The van der Waals surface area contributed by atoms with Crippen LogP contribution >= 0.6 is 12.2 Å². The maximum atomic E-state index is 10.9. The molecule has 3 nitrogen and oxygen atoms in total. The summed E-state index contributed by atoms with van der Waals surface area (Å²) in [5.74, 6) is 0. The Kier molecular flexibility index (Phi) is 5.63. The van der Waals surface area contributed by atoms with Gasteiger partial charge in [0.1, 0.15) is 4.51 Å². The van der Waals surface area contributed by atoms with Gasteiger partial charge in [-0.1, -0.05) is 26.1 Å². The van der Waals surface area contributed by atoms with Crippen molar-refractivity contribution in [3.63, 3.8) is 0 Å². The molecule has 0 atom stereocenters. The zero-order valence-electron chi connectivity index (χ0n) is 10.1. The third-order valence-electron chi connectivity index (χ3n) is 2.57. The van der Waals surface area contributed by atoms with Gasteiger partial charge in [-0.25, -0.2) is 0 Å². The molecule has 4 heteroatoms. The third-order valence-corrected chi connectivity index (χ3v) is 2.99. The fourth-order valence-corrected chi connectivity index (χ4v) is 1.96. The average Bonchev–Trinajstić information content (AvgIpc) is 2.28. The quantitative estimate of drug-likeness (QED) is 0.706. The minimum Gasteiger partial charge on any atom is -0.382 e. The standard InChI is InChI=1S/C12H20N2OS/c1-3-6-14(7-4-2)8-5-13-10-9-11(15)12(10)16/h9,13H,3-8H2,1-2H3. The Labute approximate surface area is 102 Å². The summed E-state index contributed by atoms with van der Waals surface area (Å²) in [6.07, 6.45) is 2.36. The molecule has 0 aliphatic rings. The summed E-state index contributed by atoms with van der Waals surface area (Å²) in [6, 6.07) is 1.58. The van der Waals surface area contributed by atoms with E-state index in [1.807, 2.05) is 0 Å². The van der Waals surface area contributed by atoms with Crippen molar-refractivity contribution in [2.75, 3.05) is 31.5 Å². The van der Waals surface area contributed by atoms with E-state index in [1.54, 1.807) is 6.07 Å². The van der Waals surface area contributed by atoms with Gasteiger partial charge >= 0.3 is 0 Å². The second-order valence-corrected chi connectivity index (χ2v) is 4.43. The first-order valence-corrected chi connectivity index (χ1v) is 6.36. The van der Waals surface area contributed by atoms with Crippen LogP contribution in [-0.2, 0) is 0 Å². The summed E-state index contributed by atoms with van der Waals surface area (Å²) in [7, 11) is 0. The fraction of sp³-hybridized carbons (Fsp3) is 0.667. The highest BCUT2D eigenvalue weighted by Gasteiger charge is 2.06. The molecule has 90 valence electrons. The molecule has 16 heavy (non-hydrogen) atoms. The molecule has 0 fully saturated rings. The Morgan fingerprint density at radius 3 is 2.31 bits per heavy atom. The minimum absolute atomic E-state index is 0.0172. The predicted molar refractivity (Wildman–Crippen MR) is 71.4 cm³/mol. The van der Waals surface area contributed by atoms with Crippen LogP contribution in [0.3, 0.4) is 0 Å². The SMILES string of the molecule is CCCN(CCC)CCNc1cc(=O)c1=S. The second kappa shape index (κ2) is 6.76. The van der Waals surface area contributed by atoms with Gasteiger partial charge in [-0.05, 0) is 25.9 Å². The van der Waals surface area contributed by atoms with Crippen LogP contribution in [0.25, 0.3) is 0 Å². The van der Waals surface area contributed by atoms with Crippen LogP contribution in [-0.4, -0.2) is 31.1 Å². The molecule has 0 unspecified atom stereocenters. The van der Waals surface area contributed by atoms with E-state index in [0.29, 0.717) is 4.51 Å². The van der Waals surface area contributed by atoms with Crippen molar-refractivity contribution in [2.24, 2.45) is 0 Å². The summed E-state index contributed by atoms with van der Waals surface area (Å²) in [6.45, 7) is 8.53. The molecule has 1 rings (SSSR count). The predicted octanol–water partition coefficient (Wildman–Crippen LogP) is 2.19. The van der Waals surface area contributed by atoms with E-state index >= 15 is 0 Å². The van der Waals surface area contributed by atoms with Crippen molar-refractivity contribution in [2.45, 2.75) is 26.7 Å². The molecule has 0 aliphatic heterocycles. The highest BCUT2D eigenvalue weighted by Crippen LogP contribution is 2.07. The summed E-state index contributed by atoms with van der Waals surface area (Å²) in [5, 5.41) is 3.20. The van der Waals surface area contributed by atoms with E-state index < -0.39 is 0 Å². The van der Waals surface area contributed by atoms with Gasteiger partial charge in [-0.3, -0.25) is 4.79 Å². The van der Waals surface area contributed by atoms with Crippen molar-refractivity contribution >= 4 is 17.9 Å². The number of nitrogens with one attached hydrogen (secondary N) is 1. The summed E-state index contributed by atoms with van der Waals surface area (Å²) in [5.41, 5.74) is 0.824. The monoisotopic (exact) mass is 240 g/mol. The van der Waals surface area contributed by atoms with Crippen LogP contribution in [0.15, 0.2) is 10.9 Å². The molecule has 0 saturated heterocycles. The molecular formula is C12H20N2OS. The molecule has 0 saturated carbocycles. The first kappa shape index (κ1) is 13.3. The van der Waals surface area contributed by atoms with Crippen LogP contribution in [0.1, 0.15) is 26.7 Å². The highest BCUT2D eigenvalue weighted by molar-refractivity contribution is 7.71. The van der Waals surface area contributed by atoms with Crippen LogP contribution in [0.2, 0.25) is 0 Å². The molecule has 1 aromatic rings. The van der Waals surface area contributed by atoms with Crippen molar-refractivity contribution in [1.82, 2.24) is 4.90 Å². The first-order valence-electron chi connectivity index (χ1n) is 5.95. The molecular weight excluding hydrogens is 220 g/mol. The van der Waals surface area contributed by atoms with Crippen molar-refractivity contribution in [3.05, 3.63) is 20.8 Å². The van der Waals surface area contributed by atoms with E-state index in [0.717, 1.165) is 31.9 Å². The van der Waals surface area contributed by atoms with Crippen LogP contribution in [0.5, 0.6) is 0 Å². The van der Waals surface area contributed by atoms with E-state index in [2.05, 4.69) is 24.1 Å². The van der Waals surface area contributed by atoms with Crippen molar-refractivity contribution in [1.29, 1.82) is 0 Å². The largest absolute Gasteiger partial charge is 0.382 e. The number of nitrogens with zero attached hydrogens (tertiary/aromatic N) is 1. The van der Waals surface area contributed by atoms with E-state index in [-0.39, 0.29) is 5.43 Å². The number of anilines is 1. The number of hydrogen-bond donors (Lipinski definition) is 1. The van der Waals surface area contributed by atoms with E-state index in [4.69, 9.17) is 12.2 Å². The molecule has 1 aromatic carbocycles. The van der Waals surface area contributed by atoms with Gasteiger partial charge in [0.15, 0.2) is 0 Å². The van der Waals surface area contributed by atoms with E-state index in [9.17, 15) is 4.79 Å². The topological polar surface area (TPSA) is 32.3 Å². The van der Waals surface area contributed by atoms with Crippen molar-refractivity contribution < 1.29 is 0 Å². The zero-order chi connectivity index (χ0) is 12.0. The van der Waals surface area contributed by atoms with Gasteiger partial charge in [0, 0.05) is 19.2 Å². The highest BCUT2D eigenvalue weighted by atomic mass is 32.1. The lowest BCUT2D eigenvalue weighted by molar-refractivity contribution is 0.285. The Bertz CT molecular complexity index is 376. The van der Waals surface area contributed by atoms with Crippen molar-refractivity contribution in [3.8, 4) is 0 Å². The Morgan fingerprint density at radius 1 is 1.25 bits per heavy atom. The van der Waals surface area contributed by atoms with Gasteiger partial charge in [0.05, 0.1) is 5.69 Å². The van der Waals surface area contributed by atoms with Gasteiger partial charge < -0.3 is 10.2 Å². The third kappa shape index (κ3) is 3.68. The maximum Gasteiger partial charge on any atom is 0.200 e. The van der Waals surface area contributed by atoms with E-state index in [1.165, 1.54) is 12.8 Å². The van der Waals surface area contributed by atoms with Crippen LogP contribution in [0.4, 0.5) is 5.69 Å². The average molecular weight is 240 g/mol. The second-order valence-electron chi connectivity index (χ2n) is 4.02. The lowest BCUT2D eigenvalue weighted by Crippen LogP contribution is -2.31. The minimum atomic E-state index is -0.0172. The molecule has 0 heterocycles. The normalized spacial score (nSPS) is 11.2. The molecule has 0 bridgehead atoms.